The molecule has 0 radical (unpaired) electrons. The van der Waals surface area contributed by atoms with Gasteiger partial charge in [0, 0.05) is 41.1 Å². The third kappa shape index (κ3) is 6.45. The minimum absolute atomic E-state index is 0.117. The highest BCUT2D eigenvalue weighted by atomic mass is 32.2. The van der Waals surface area contributed by atoms with Crippen molar-refractivity contribution in [2.45, 2.75) is 43.9 Å². The fraction of sp³-hybridized carbons (Fsp3) is 0.588. The van der Waals surface area contributed by atoms with Crippen molar-refractivity contribution >= 4 is 28.4 Å². The van der Waals surface area contributed by atoms with Crippen LogP contribution in [0.15, 0.2) is 29.5 Å². The maximum absolute atomic E-state index is 12.0. The molecule has 1 aromatic rings. The summed E-state index contributed by atoms with van der Waals surface area (Å²) < 4.78 is 12.0. The molecule has 2 rings (SSSR count). The summed E-state index contributed by atoms with van der Waals surface area (Å²) in [5.41, 5.74) is 0.661. The molecule has 1 saturated carbocycles. The first-order chi connectivity index (χ1) is 12.1. The number of hydrogen-bond acceptors (Lipinski definition) is 4. The van der Waals surface area contributed by atoms with Crippen molar-refractivity contribution in [3.63, 3.8) is 0 Å². The molecule has 1 amide bonds. The third-order valence-electron chi connectivity index (χ3n) is 4.21. The van der Waals surface area contributed by atoms with E-state index in [0.717, 1.165) is 25.7 Å². The molecule has 1 heterocycles. The first kappa shape index (κ1) is 19.4. The zero-order valence-corrected chi connectivity index (χ0v) is 15.6. The lowest BCUT2D eigenvalue weighted by Crippen LogP contribution is -2.48. The number of hydrogen-bond donors (Lipinski definition) is 3. The van der Waals surface area contributed by atoms with E-state index in [1.165, 1.54) is 0 Å². The van der Waals surface area contributed by atoms with Crippen molar-refractivity contribution in [3.05, 3.63) is 24.5 Å². The van der Waals surface area contributed by atoms with E-state index in [0.29, 0.717) is 17.4 Å². The summed E-state index contributed by atoms with van der Waals surface area (Å²) in [5, 5.41) is 9.39. The second-order valence-corrected chi connectivity index (χ2v) is 8.02. The Balaban J connectivity index is 1.78. The summed E-state index contributed by atoms with van der Waals surface area (Å²) in [6.45, 7) is 2.08. The van der Waals surface area contributed by atoms with Crippen LogP contribution in [0.5, 0.6) is 0 Å². The van der Waals surface area contributed by atoms with Gasteiger partial charge in [0.05, 0.1) is 18.4 Å². The van der Waals surface area contributed by atoms with Gasteiger partial charge in [-0.05, 0) is 31.4 Å². The Morgan fingerprint density at radius 2 is 2.28 bits per heavy atom. The van der Waals surface area contributed by atoms with Crippen LogP contribution in [0.4, 0.5) is 5.69 Å². The Bertz CT molecular complexity index is 608. The lowest BCUT2D eigenvalue weighted by Gasteiger charge is -2.30. The average molecular weight is 366 g/mol. The first-order valence-electron chi connectivity index (χ1n) is 8.66. The zero-order chi connectivity index (χ0) is 18.1. The summed E-state index contributed by atoms with van der Waals surface area (Å²) >= 11 is 0. The summed E-state index contributed by atoms with van der Waals surface area (Å²) in [6.07, 6.45) is 7.25. The van der Waals surface area contributed by atoms with Gasteiger partial charge in [-0.25, -0.2) is 0 Å². The van der Waals surface area contributed by atoms with Gasteiger partial charge >= 0.3 is 0 Å². The van der Waals surface area contributed by atoms with Crippen molar-refractivity contribution in [2.24, 2.45) is 4.99 Å². The molecule has 3 unspecified atom stereocenters. The smallest absolute Gasteiger partial charge is 0.243 e. The molecule has 0 saturated heterocycles. The molecular weight excluding hydrogens is 338 g/mol. The minimum atomic E-state index is -0.755. The van der Waals surface area contributed by atoms with Crippen LogP contribution >= 0.6 is 0 Å². The highest BCUT2D eigenvalue weighted by molar-refractivity contribution is 7.85. The monoisotopic (exact) mass is 365 g/mol. The van der Waals surface area contributed by atoms with Crippen molar-refractivity contribution in [1.82, 2.24) is 15.6 Å². The number of carbonyl (C=O) groups is 1. The second-order valence-electron chi connectivity index (χ2n) is 6.01. The van der Waals surface area contributed by atoms with Crippen LogP contribution in [0.3, 0.4) is 0 Å². The molecule has 0 bridgehead atoms. The molecule has 1 fully saturated rings. The van der Waals surface area contributed by atoms with E-state index in [1.54, 1.807) is 31.6 Å². The summed E-state index contributed by atoms with van der Waals surface area (Å²) in [7, 11) is 0.924. The van der Waals surface area contributed by atoms with E-state index < -0.39 is 10.8 Å². The molecule has 7 nitrogen and oxygen atoms in total. The standard InChI is InChI=1S/C17H27N5O2S/c1-3-25(24)15-8-4-6-13(10-15)22-17(18-2)20-12-16(23)21-14-7-5-9-19-11-14/h5,7,9,11,13,15H,3-4,6,8,10,12H2,1-2H3,(H,21,23)(H2,18,20,22). The molecule has 1 aromatic heterocycles. The Labute approximate surface area is 151 Å². The second kappa shape index (κ2) is 10.1. The van der Waals surface area contributed by atoms with E-state index in [2.05, 4.69) is 25.9 Å². The van der Waals surface area contributed by atoms with Gasteiger partial charge in [0.2, 0.25) is 5.91 Å². The topological polar surface area (TPSA) is 95.5 Å². The SMILES string of the molecule is CCS(=O)C1CCCC(NC(=NC)NCC(=O)Nc2cccnc2)C1. The van der Waals surface area contributed by atoms with Crippen molar-refractivity contribution < 1.29 is 9.00 Å². The number of rotatable bonds is 6. The number of aliphatic imine (C=N–C) groups is 1. The van der Waals surface area contributed by atoms with Crippen molar-refractivity contribution in [1.29, 1.82) is 0 Å². The number of carbonyl (C=O) groups excluding carboxylic acids is 1. The molecule has 25 heavy (non-hydrogen) atoms. The number of amides is 1. The predicted octanol–water partition coefficient (Wildman–Crippen LogP) is 1.26. The van der Waals surface area contributed by atoms with E-state index in [-0.39, 0.29) is 23.7 Å². The maximum Gasteiger partial charge on any atom is 0.243 e. The van der Waals surface area contributed by atoms with Gasteiger partial charge in [0.25, 0.3) is 0 Å². The van der Waals surface area contributed by atoms with Gasteiger partial charge in [-0.15, -0.1) is 0 Å². The molecule has 1 aliphatic carbocycles. The summed E-state index contributed by atoms with van der Waals surface area (Å²) in [5.74, 6) is 1.14. The normalized spacial score (nSPS) is 22.1. The molecule has 8 heteroatoms. The highest BCUT2D eigenvalue weighted by Gasteiger charge is 2.26. The average Bonchev–Trinajstić information content (AvgIpc) is 2.65. The van der Waals surface area contributed by atoms with Gasteiger partial charge in [-0.3, -0.25) is 19.0 Å². The molecule has 3 N–H and O–H groups in total. The molecular formula is C17H27N5O2S. The third-order valence-corrected chi connectivity index (χ3v) is 5.95. The maximum atomic E-state index is 12.0. The van der Waals surface area contributed by atoms with Crippen LogP contribution < -0.4 is 16.0 Å². The van der Waals surface area contributed by atoms with E-state index >= 15 is 0 Å². The van der Waals surface area contributed by atoms with Crippen LogP contribution in [-0.4, -0.2) is 51.7 Å². The zero-order valence-electron chi connectivity index (χ0n) is 14.8. The molecule has 0 aromatic carbocycles. The van der Waals surface area contributed by atoms with Gasteiger partial charge < -0.3 is 16.0 Å². The Hall–Kier alpha value is -1.96. The van der Waals surface area contributed by atoms with Crippen LogP contribution in [-0.2, 0) is 15.6 Å². The molecule has 3 atom stereocenters. The number of guanidine groups is 1. The molecule has 0 spiro atoms. The van der Waals surface area contributed by atoms with Crippen LogP contribution in [0.25, 0.3) is 0 Å². The number of pyridine rings is 1. The lowest BCUT2D eigenvalue weighted by atomic mass is 9.95. The Morgan fingerprint density at radius 1 is 1.44 bits per heavy atom. The lowest BCUT2D eigenvalue weighted by molar-refractivity contribution is -0.115. The van der Waals surface area contributed by atoms with Gasteiger partial charge in [-0.1, -0.05) is 13.3 Å². The molecule has 138 valence electrons. The molecule has 0 aliphatic heterocycles. The number of aromatic nitrogens is 1. The van der Waals surface area contributed by atoms with Gasteiger partial charge in [0.15, 0.2) is 5.96 Å². The van der Waals surface area contributed by atoms with E-state index in [9.17, 15) is 9.00 Å². The van der Waals surface area contributed by atoms with Crippen LogP contribution in [0.1, 0.15) is 32.6 Å². The predicted molar refractivity (Wildman–Crippen MR) is 102 cm³/mol. The highest BCUT2D eigenvalue weighted by Crippen LogP contribution is 2.22. The summed E-state index contributed by atoms with van der Waals surface area (Å²) in [4.78, 5) is 20.1. The fourth-order valence-corrected chi connectivity index (χ4v) is 4.29. The number of anilines is 1. The first-order valence-corrected chi connectivity index (χ1v) is 10.0. The van der Waals surface area contributed by atoms with Crippen LogP contribution in [0.2, 0.25) is 0 Å². The number of nitrogens with one attached hydrogen (secondary N) is 3. The minimum Gasteiger partial charge on any atom is -0.354 e. The Morgan fingerprint density at radius 3 is 2.96 bits per heavy atom. The van der Waals surface area contributed by atoms with Gasteiger partial charge in [-0.2, -0.15) is 0 Å². The molecule has 1 aliphatic rings. The number of nitrogens with zero attached hydrogens (tertiary/aromatic N) is 2. The fourth-order valence-electron chi connectivity index (χ4n) is 2.94. The van der Waals surface area contributed by atoms with E-state index in [4.69, 9.17) is 0 Å². The Kier molecular flexibility index (Phi) is 7.84. The van der Waals surface area contributed by atoms with Crippen molar-refractivity contribution in [3.8, 4) is 0 Å². The van der Waals surface area contributed by atoms with Crippen molar-refractivity contribution in [2.75, 3.05) is 24.7 Å². The van der Waals surface area contributed by atoms with E-state index in [1.807, 2.05) is 6.92 Å². The largest absolute Gasteiger partial charge is 0.354 e. The quantitative estimate of drug-likeness (QED) is 0.521. The summed E-state index contributed by atoms with van der Waals surface area (Å²) in [6, 6.07) is 3.79. The van der Waals surface area contributed by atoms with Crippen LogP contribution in [0, 0.1) is 0 Å². The van der Waals surface area contributed by atoms with Gasteiger partial charge in [0.1, 0.15) is 0 Å².